The highest BCUT2D eigenvalue weighted by molar-refractivity contribution is 9.10. The summed E-state index contributed by atoms with van der Waals surface area (Å²) >= 11 is 8.51. The highest BCUT2D eigenvalue weighted by atomic mass is 79.9. The van der Waals surface area contributed by atoms with Crippen LogP contribution in [0.5, 0.6) is 0 Å². The number of rotatable bonds is 3. The molecule has 1 atom stereocenters. The molecule has 1 aromatic carbocycles. The summed E-state index contributed by atoms with van der Waals surface area (Å²) < 4.78 is 0.853. The molecule has 0 radical (unpaired) electrons. The molecule has 0 aliphatic carbocycles. The van der Waals surface area contributed by atoms with Crippen molar-refractivity contribution < 1.29 is 4.79 Å². The lowest BCUT2D eigenvalue weighted by molar-refractivity contribution is 0.0621. The molecule has 1 aliphatic rings. The maximum atomic E-state index is 12.6. The molecule has 1 saturated heterocycles. The normalized spacial score (nSPS) is 17.6. The SMILES string of the molecule is Cc1ccc(C(=O)N2CCN(C(C)C(N)=S)CC2)c(Br)c1. The number of nitrogens with zero attached hydrogens (tertiary/aromatic N) is 2. The van der Waals surface area contributed by atoms with Gasteiger partial charge >= 0.3 is 0 Å². The number of hydrogen-bond donors (Lipinski definition) is 1. The van der Waals surface area contributed by atoms with E-state index in [1.807, 2.05) is 36.9 Å². The Labute approximate surface area is 139 Å². The summed E-state index contributed by atoms with van der Waals surface area (Å²) in [6, 6.07) is 5.90. The van der Waals surface area contributed by atoms with Gasteiger partial charge in [0, 0.05) is 30.7 Å². The van der Waals surface area contributed by atoms with Crippen molar-refractivity contribution >= 4 is 39.0 Å². The largest absolute Gasteiger partial charge is 0.392 e. The molecule has 1 heterocycles. The van der Waals surface area contributed by atoms with Crippen molar-refractivity contribution in [2.75, 3.05) is 26.2 Å². The fourth-order valence-electron chi connectivity index (χ4n) is 2.46. The van der Waals surface area contributed by atoms with E-state index in [1.165, 1.54) is 0 Å². The van der Waals surface area contributed by atoms with Crippen LogP contribution in [0.4, 0.5) is 0 Å². The fraction of sp³-hybridized carbons (Fsp3) is 0.467. The first-order chi connectivity index (χ1) is 9.90. The van der Waals surface area contributed by atoms with Gasteiger partial charge in [0.2, 0.25) is 0 Å². The Morgan fingerprint density at radius 1 is 1.33 bits per heavy atom. The quantitative estimate of drug-likeness (QED) is 0.829. The monoisotopic (exact) mass is 369 g/mol. The molecule has 21 heavy (non-hydrogen) atoms. The van der Waals surface area contributed by atoms with Gasteiger partial charge in [-0.3, -0.25) is 9.69 Å². The van der Waals surface area contributed by atoms with Crippen molar-refractivity contribution in [3.05, 3.63) is 33.8 Å². The Hall–Kier alpha value is -0.980. The summed E-state index contributed by atoms with van der Waals surface area (Å²) in [6.07, 6.45) is 0. The average Bonchev–Trinajstić information content (AvgIpc) is 2.46. The second-order valence-electron chi connectivity index (χ2n) is 5.39. The molecule has 1 fully saturated rings. The molecular weight excluding hydrogens is 350 g/mol. The predicted molar refractivity (Wildman–Crippen MR) is 92.6 cm³/mol. The lowest BCUT2D eigenvalue weighted by Crippen LogP contribution is -2.54. The second kappa shape index (κ2) is 6.85. The summed E-state index contributed by atoms with van der Waals surface area (Å²) in [7, 11) is 0. The summed E-state index contributed by atoms with van der Waals surface area (Å²) in [6.45, 7) is 7.02. The molecule has 1 aromatic rings. The van der Waals surface area contributed by atoms with Crippen molar-refractivity contribution in [3.63, 3.8) is 0 Å². The molecule has 2 rings (SSSR count). The Balaban J connectivity index is 2.02. The zero-order valence-electron chi connectivity index (χ0n) is 12.3. The predicted octanol–water partition coefficient (Wildman–Crippen LogP) is 2.19. The maximum Gasteiger partial charge on any atom is 0.255 e. The van der Waals surface area contributed by atoms with Crippen LogP contribution in [0.25, 0.3) is 0 Å². The van der Waals surface area contributed by atoms with Crippen molar-refractivity contribution in [3.8, 4) is 0 Å². The standard InChI is InChI=1S/C15H20BrN3OS/c1-10-3-4-12(13(16)9-10)15(20)19-7-5-18(6-8-19)11(2)14(17)21/h3-4,9,11H,5-8H2,1-2H3,(H2,17,21). The van der Waals surface area contributed by atoms with Crippen LogP contribution in [-0.4, -0.2) is 52.9 Å². The molecule has 4 nitrogen and oxygen atoms in total. The van der Waals surface area contributed by atoms with Crippen molar-refractivity contribution in [2.45, 2.75) is 19.9 Å². The number of halogens is 1. The number of hydrogen-bond acceptors (Lipinski definition) is 3. The zero-order chi connectivity index (χ0) is 15.6. The van der Waals surface area contributed by atoms with Crippen LogP contribution in [0.15, 0.2) is 22.7 Å². The lowest BCUT2D eigenvalue weighted by Gasteiger charge is -2.37. The maximum absolute atomic E-state index is 12.6. The summed E-state index contributed by atoms with van der Waals surface area (Å²) in [4.78, 5) is 17.2. The van der Waals surface area contributed by atoms with Crippen LogP contribution in [0, 0.1) is 6.92 Å². The molecule has 0 spiro atoms. The Kier molecular flexibility index (Phi) is 5.35. The number of carbonyl (C=O) groups excluding carboxylic acids is 1. The molecule has 2 N–H and O–H groups in total. The molecule has 1 amide bonds. The Bertz CT molecular complexity index is 556. The fourth-order valence-corrected chi connectivity index (χ4v) is 3.27. The van der Waals surface area contributed by atoms with Crippen LogP contribution >= 0.6 is 28.1 Å². The van der Waals surface area contributed by atoms with Crippen LogP contribution < -0.4 is 5.73 Å². The van der Waals surface area contributed by atoms with Gasteiger partial charge in [-0.1, -0.05) is 18.3 Å². The van der Waals surface area contributed by atoms with Gasteiger partial charge in [0.25, 0.3) is 5.91 Å². The number of nitrogens with two attached hydrogens (primary N) is 1. The van der Waals surface area contributed by atoms with Crippen molar-refractivity contribution in [2.24, 2.45) is 5.73 Å². The van der Waals surface area contributed by atoms with E-state index in [-0.39, 0.29) is 11.9 Å². The first kappa shape index (κ1) is 16.4. The molecule has 0 aromatic heterocycles. The number of piperazine rings is 1. The Morgan fingerprint density at radius 2 is 1.95 bits per heavy atom. The molecule has 6 heteroatoms. The topological polar surface area (TPSA) is 49.6 Å². The van der Waals surface area contributed by atoms with Gasteiger partial charge in [0.15, 0.2) is 0 Å². The molecule has 0 saturated carbocycles. The van der Waals surface area contributed by atoms with E-state index in [0.29, 0.717) is 18.1 Å². The molecular formula is C15H20BrN3OS. The number of amides is 1. The van der Waals surface area contributed by atoms with Crippen LogP contribution in [0.3, 0.4) is 0 Å². The smallest absolute Gasteiger partial charge is 0.255 e. The first-order valence-corrected chi connectivity index (χ1v) is 8.19. The molecule has 0 bridgehead atoms. The van der Waals surface area contributed by atoms with Gasteiger partial charge in [-0.2, -0.15) is 0 Å². The van der Waals surface area contributed by atoms with Crippen LogP contribution in [-0.2, 0) is 0 Å². The first-order valence-electron chi connectivity index (χ1n) is 6.99. The summed E-state index contributed by atoms with van der Waals surface area (Å²) in [5, 5.41) is 0. The van der Waals surface area contributed by atoms with E-state index in [2.05, 4.69) is 20.8 Å². The van der Waals surface area contributed by atoms with E-state index in [9.17, 15) is 4.79 Å². The molecule has 1 unspecified atom stereocenters. The highest BCUT2D eigenvalue weighted by Gasteiger charge is 2.26. The van der Waals surface area contributed by atoms with Crippen LogP contribution in [0.1, 0.15) is 22.8 Å². The number of thiocarbonyl (C=S) groups is 1. The zero-order valence-corrected chi connectivity index (χ0v) is 14.7. The van der Waals surface area contributed by atoms with E-state index < -0.39 is 0 Å². The second-order valence-corrected chi connectivity index (χ2v) is 6.72. The van der Waals surface area contributed by atoms with Gasteiger partial charge in [0.1, 0.15) is 0 Å². The van der Waals surface area contributed by atoms with E-state index in [0.717, 1.165) is 28.7 Å². The third-order valence-corrected chi connectivity index (χ3v) is 4.91. The highest BCUT2D eigenvalue weighted by Crippen LogP contribution is 2.21. The number of carbonyl (C=O) groups is 1. The lowest BCUT2D eigenvalue weighted by atomic mass is 10.1. The summed E-state index contributed by atoms with van der Waals surface area (Å²) in [5.41, 5.74) is 7.54. The minimum absolute atomic E-state index is 0.0736. The number of aryl methyl sites for hydroxylation is 1. The van der Waals surface area contributed by atoms with Gasteiger partial charge in [-0.25, -0.2) is 0 Å². The van der Waals surface area contributed by atoms with Gasteiger partial charge in [0.05, 0.1) is 16.6 Å². The van der Waals surface area contributed by atoms with E-state index in [1.54, 1.807) is 0 Å². The summed E-state index contributed by atoms with van der Waals surface area (Å²) in [5.74, 6) is 0.0736. The number of benzene rings is 1. The molecule has 1 aliphatic heterocycles. The van der Waals surface area contributed by atoms with Gasteiger partial charge in [-0.05, 0) is 47.5 Å². The van der Waals surface area contributed by atoms with Crippen molar-refractivity contribution in [1.82, 2.24) is 9.80 Å². The van der Waals surface area contributed by atoms with Gasteiger partial charge < -0.3 is 10.6 Å². The average molecular weight is 370 g/mol. The van der Waals surface area contributed by atoms with Crippen LogP contribution in [0.2, 0.25) is 0 Å². The minimum atomic E-state index is 0.0736. The van der Waals surface area contributed by atoms with E-state index >= 15 is 0 Å². The third-order valence-electron chi connectivity index (χ3n) is 3.92. The van der Waals surface area contributed by atoms with E-state index in [4.69, 9.17) is 18.0 Å². The minimum Gasteiger partial charge on any atom is -0.392 e. The van der Waals surface area contributed by atoms with Crippen molar-refractivity contribution in [1.29, 1.82) is 0 Å². The Morgan fingerprint density at radius 3 is 2.48 bits per heavy atom. The molecule has 114 valence electrons. The van der Waals surface area contributed by atoms with Gasteiger partial charge in [-0.15, -0.1) is 0 Å². The third kappa shape index (κ3) is 3.81.